The van der Waals surface area contributed by atoms with Crippen LogP contribution in [-0.4, -0.2) is 42.1 Å². The zero-order valence-corrected chi connectivity index (χ0v) is 14.4. The highest BCUT2D eigenvalue weighted by Gasteiger charge is 2.36. The first-order chi connectivity index (χ1) is 11.6. The van der Waals surface area contributed by atoms with Crippen LogP contribution in [0.4, 0.5) is 5.69 Å². The minimum Gasteiger partial charge on any atom is -0.387 e. The van der Waals surface area contributed by atoms with Gasteiger partial charge in [0, 0.05) is 13.1 Å². The molecule has 0 aromatic heterocycles. The van der Waals surface area contributed by atoms with Crippen LogP contribution in [0.2, 0.25) is 5.02 Å². The van der Waals surface area contributed by atoms with Gasteiger partial charge in [-0.1, -0.05) is 54.1 Å². The molecule has 1 saturated heterocycles. The number of rotatable bonds is 5. The lowest BCUT2D eigenvalue weighted by Gasteiger charge is -2.26. The second kappa shape index (κ2) is 7.34. The van der Waals surface area contributed by atoms with Crippen LogP contribution in [0.25, 0.3) is 0 Å². The molecular formula is C19H21ClN2O2. The van der Waals surface area contributed by atoms with Crippen molar-refractivity contribution in [1.82, 2.24) is 4.90 Å². The Bertz CT molecular complexity index is 708. The van der Waals surface area contributed by atoms with Crippen LogP contribution in [0, 0.1) is 0 Å². The maximum atomic E-state index is 12.8. The van der Waals surface area contributed by atoms with Crippen LogP contribution >= 0.6 is 11.6 Å². The SMILES string of the molecule is CN(CC(O)c1ccccc1)C1CCN(c2ccccc2Cl)C1=O. The van der Waals surface area contributed by atoms with Crippen LogP contribution in [0.5, 0.6) is 0 Å². The van der Waals surface area contributed by atoms with Crippen LogP contribution in [0.1, 0.15) is 18.1 Å². The van der Waals surface area contributed by atoms with Crippen molar-refractivity contribution < 1.29 is 9.90 Å². The Hall–Kier alpha value is -1.88. The molecular weight excluding hydrogens is 324 g/mol. The summed E-state index contributed by atoms with van der Waals surface area (Å²) >= 11 is 6.21. The summed E-state index contributed by atoms with van der Waals surface area (Å²) in [6.45, 7) is 1.05. The molecule has 0 radical (unpaired) electrons. The van der Waals surface area contributed by atoms with Crippen LogP contribution in [0.15, 0.2) is 54.6 Å². The summed E-state index contributed by atoms with van der Waals surface area (Å²) in [5.74, 6) is 0.0332. The van der Waals surface area contributed by atoms with Gasteiger partial charge in [-0.05, 0) is 31.2 Å². The number of carbonyl (C=O) groups is 1. The average molecular weight is 345 g/mol. The summed E-state index contributed by atoms with van der Waals surface area (Å²) < 4.78 is 0. The van der Waals surface area contributed by atoms with Gasteiger partial charge in [0.1, 0.15) is 0 Å². The lowest BCUT2D eigenvalue weighted by atomic mass is 10.1. The molecule has 0 saturated carbocycles. The fourth-order valence-electron chi connectivity index (χ4n) is 3.16. The number of anilines is 1. The number of hydrogen-bond acceptors (Lipinski definition) is 3. The Labute approximate surface area is 147 Å². The molecule has 1 heterocycles. The van der Waals surface area contributed by atoms with E-state index in [1.54, 1.807) is 11.0 Å². The molecule has 2 aromatic rings. The van der Waals surface area contributed by atoms with Crippen LogP contribution < -0.4 is 4.90 Å². The van der Waals surface area contributed by atoms with Gasteiger partial charge in [0.25, 0.3) is 0 Å². The molecule has 0 aliphatic carbocycles. The van der Waals surface area contributed by atoms with Gasteiger partial charge in [0.2, 0.25) is 5.91 Å². The number of para-hydroxylation sites is 1. The molecule has 24 heavy (non-hydrogen) atoms. The Morgan fingerprint density at radius 1 is 1.21 bits per heavy atom. The Morgan fingerprint density at radius 3 is 2.58 bits per heavy atom. The number of aliphatic hydroxyl groups is 1. The van der Waals surface area contributed by atoms with Crippen molar-refractivity contribution in [1.29, 1.82) is 0 Å². The number of amides is 1. The van der Waals surface area contributed by atoms with Crippen LogP contribution in [-0.2, 0) is 4.79 Å². The Morgan fingerprint density at radius 2 is 1.88 bits per heavy atom. The predicted octanol–water partition coefficient (Wildman–Crippen LogP) is 3.11. The molecule has 1 aliphatic rings. The second-order valence-corrected chi connectivity index (χ2v) is 6.52. The number of likely N-dealkylation sites (N-methyl/N-ethyl adjacent to an activating group) is 1. The Kier molecular flexibility index (Phi) is 5.19. The van der Waals surface area contributed by atoms with Crippen molar-refractivity contribution in [2.75, 3.05) is 25.0 Å². The van der Waals surface area contributed by atoms with Gasteiger partial charge in [-0.2, -0.15) is 0 Å². The summed E-state index contributed by atoms with van der Waals surface area (Å²) in [6.07, 6.45) is 0.112. The number of carbonyl (C=O) groups excluding carboxylic acids is 1. The molecule has 4 nitrogen and oxygen atoms in total. The molecule has 3 rings (SSSR count). The maximum Gasteiger partial charge on any atom is 0.244 e. The summed E-state index contributed by atoms with van der Waals surface area (Å²) in [7, 11) is 1.88. The quantitative estimate of drug-likeness (QED) is 0.906. The lowest BCUT2D eigenvalue weighted by molar-refractivity contribution is -0.121. The largest absolute Gasteiger partial charge is 0.387 e. The molecule has 2 aromatic carbocycles. The van der Waals surface area contributed by atoms with E-state index in [0.717, 1.165) is 17.7 Å². The van der Waals surface area contributed by atoms with E-state index in [0.29, 0.717) is 18.1 Å². The third-order valence-electron chi connectivity index (χ3n) is 4.50. The molecule has 2 atom stereocenters. The van der Waals surface area contributed by atoms with E-state index in [1.807, 2.05) is 60.5 Å². The third kappa shape index (κ3) is 3.46. The first kappa shape index (κ1) is 17.0. The van der Waals surface area contributed by atoms with Gasteiger partial charge in [0.15, 0.2) is 0 Å². The molecule has 0 bridgehead atoms. The molecule has 2 unspecified atom stereocenters. The van der Waals surface area contributed by atoms with Gasteiger partial charge in [-0.3, -0.25) is 9.69 Å². The van der Waals surface area contributed by atoms with Crippen molar-refractivity contribution >= 4 is 23.2 Å². The first-order valence-corrected chi connectivity index (χ1v) is 8.45. The van der Waals surface area contributed by atoms with Gasteiger partial charge in [0.05, 0.1) is 22.9 Å². The van der Waals surface area contributed by atoms with Crippen molar-refractivity contribution in [3.05, 3.63) is 65.2 Å². The standard InChI is InChI=1S/C19H21ClN2O2/c1-21(13-18(23)14-7-3-2-4-8-14)17-11-12-22(19(17)24)16-10-6-5-9-15(16)20/h2-10,17-18,23H,11-13H2,1H3. The molecule has 1 amide bonds. The molecule has 1 N–H and O–H groups in total. The first-order valence-electron chi connectivity index (χ1n) is 8.07. The maximum absolute atomic E-state index is 12.8. The number of hydrogen-bond donors (Lipinski definition) is 1. The van der Waals surface area contributed by atoms with Gasteiger partial charge >= 0.3 is 0 Å². The van der Waals surface area contributed by atoms with E-state index in [9.17, 15) is 9.90 Å². The van der Waals surface area contributed by atoms with E-state index in [1.165, 1.54) is 0 Å². The smallest absolute Gasteiger partial charge is 0.244 e. The third-order valence-corrected chi connectivity index (χ3v) is 4.82. The van der Waals surface area contributed by atoms with Gasteiger partial charge < -0.3 is 10.0 Å². The summed E-state index contributed by atoms with van der Waals surface area (Å²) in [4.78, 5) is 16.4. The van der Waals surface area contributed by atoms with Crippen molar-refractivity contribution in [3.8, 4) is 0 Å². The fourth-order valence-corrected chi connectivity index (χ4v) is 3.40. The number of benzene rings is 2. The van der Waals surface area contributed by atoms with Crippen LogP contribution in [0.3, 0.4) is 0 Å². The summed E-state index contributed by atoms with van der Waals surface area (Å²) in [6, 6.07) is 16.7. The highest BCUT2D eigenvalue weighted by molar-refractivity contribution is 6.33. The topological polar surface area (TPSA) is 43.8 Å². The minimum atomic E-state index is -0.613. The normalized spacial score (nSPS) is 19.1. The molecule has 126 valence electrons. The number of aliphatic hydroxyl groups excluding tert-OH is 1. The monoisotopic (exact) mass is 344 g/mol. The highest BCUT2D eigenvalue weighted by Crippen LogP contribution is 2.30. The average Bonchev–Trinajstić information content (AvgIpc) is 2.97. The van der Waals surface area contributed by atoms with E-state index >= 15 is 0 Å². The van der Waals surface area contributed by atoms with E-state index < -0.39 is 6.10 Å². The molecule has 1 aliphatic heterocycles. The van der Waals surface area contributed by atoms with E-state index in [-0.39, 0.29) is 11.9 Å². The number of nitrogens with zero attached hydrogens (tertiary/aromatic N) is 2. The molecule has 1 fully saturated rings. The Balaban J connectivity index is 1.68. The molecule has 5 heteroatoms. The van der Waals surface area contributed by atoms with Crippen molar-refractivity contribution in [3.63, 3.8) is 0 Å². The zero-order chi connectivity index (χ0) is 17.1. The minimum absolute atomic E-state index is 0.0332. The van der Waals surface area contributed by atoms with Crippen molar-refractivity contribution in [2.24, 2.45) is 0 Å². The second-order valence-electron chi connectivity index (χ2n) is 6.11. The lowest BCUT2D eigenvalue weighted by Crippen LogP contribution is -2.41. The van der Waals surface area contributed by atoms with E-state index in [4.69, 9.17) is 11.6 Å². The van der Waals surface area contributed by atoms with E-state index in [2.05, 4.69) is 0 Å². The number of halogens is 1. The van der Waals surface area contributed by atoms with Crippen molar-refractivity contribution in [2.45, 2.75) is 18.6 Å². The predicted molar refractivity (Wildman–Crippen MR) is 96.2 cm³/mol. The zero-order valence-electron chi connectivity index (χ0n) is 13.6. The molecule has 0 spiro atoms. The highest BCUT2D eigenvalue weighted by atomic mass is 35.5. The summed E-state index contributed by atoms with van der Waals surface area (Å²) in [5.41, 5.74) is 1.61. The fraction of sp³-hybridized carbons (Fsp3) is 0.316. The van der Waals surface area contributed by atoms with Gasteiger partial charge in [-0.15, -0.1) is 0 Å². The summed E-state index contributed by atoms with van der Waals surface area (Å²) in [5, 5.41) is 11.0. The van der Waals surface area contributed by atoms with Gasteiger partial charge in [-0.25, -0.2) is 0 Å².